The van der Waals surface area contributed by atoms with Gasteiger partial charge in [-0.2, -0.15) is 0 Å². The molecule has 0 fully saturated rings. The number of halogens is 1. The molecule has 2 aromatic carbocycles. The van der Waals surface area contributed by atoms with Gasteiger partial charge in [0.05, 0.1) is 23.5 Å². The van der Waals surface area contributed by atoms with Crippen molar-refractivity contribution < 1.29 is 19.1 Å². The van der Waals surface area contributed by atoms with Crippen molar-refractivity contribution >= 4 is 39.4 Å². The van der Waals surface area contributed by atoms with Crippen LogP contribution in [-0.2, 0) is 14.3 Å². The second-order valence-electron chi connectivity index (χ2n) is 6.50. The molecule has 0 saturated heterocycles. The number of anilines is 1. The first-order valence-corrected chi connectivity index (χ1v) is 10.00. The molecule has 0 aliphatic carbocycles. The summed E-state index contributed by atoms with van der Waals surface area (Å²) in [4.78, 5) is 50.3. The highest BCUT2D eigenvalue weighted by Crippen LogP contribution is 2.20. The Hall–Kier alpha value is -3.66. The molecular weight excluding hydrogens is 468 g/mol. The Morgan fingerprint density at radius 2 is 1.77 bits per heavy atom. The molecule has 2 amide bonds. The summed E-state index contributed by atoms with van der Waals surface area (Å²) in [7, 11) is 0. The maximum atomic E-state index is 12.1. The Labute approximate surface area is 185 Å². The smallest absolute Gasteiger partial charge is 0.338 e. The van der Waals surface area contributed by atoms with Crippen LogP contribution in [0.4, 0.5) is 5.69 Å². The van der Waals surface area contributed by atoms with Crippen LogP contribution in [0.1, 0.15) is 16.1 Å². The minimum Gasteiger partial charge on any atom is -0.452 e. The normalized spacial score (nSPS) is 10.4. The van der Waals surface area contributed by atoms with E-state index in [1.807, 2.05) is 6.07 Å². The first kappa shape index (κ1) is 22.0. The van der Waals surface area contributed by atoms with Gasteiger partial charge in [-0.25, -0.2) is 9.59 Å². The predicted molar refractivity (Wildman–Crippen MR) is 117 cm³/mol. The van der Waals surface area contributed by atoms with Crippen LogP contribution >= 0.6 is 15.9 Å². The molecule has 0 bridgehead atoms. The van der Waals surface area contributed by atoms with Crippen molar-refractivity contribution in [3.05, 3.63) is 80.9 Å². The number of benzene rings is 2. The highest BCUT2D eigenvalue weighted by atomic mass is 79.9. The fourth-order valence-corrected chi connectivity index (χ4v) is 3.11. The summed E-state index contributed by atoms with van der Waals surface area (Å²) in [6.45, 7) is 0.980. The van der Waals surface area contributed by atoms with Crippen molar-refractivity contribution in [1.82, 2.24) is 14.9 Å². The van der Waals surface area contributed by atoms with Crippen molar-refractivity contribution in [3.8, 4) is 5.69 Å². The third-order valence-electron chi connectivity index (χ3n) is 4.25. The van der Waals surface area contributed by atoms with Crippen molar-refractivity contribution in [2.75, 3.05) is 18.5 Å². The number of carbonyl (C=O) groups is 3. The number of carbonyl (C=O) groups excluding carboxylic acids is 3. The molecule has 0 radical (unpaired) electrons. The van der Waals surface area contributed by atoms with E-state index in [9.17, 15) is 19.2 Å². The zero-order valence-electron chi connectivity index (χ0n) is 16.5. The summed E-state index contributed by atoms with van der Waals surface area (Å²) >= 11 is 3.31. The summed E-state index contributed by atoms with van der Waals surface area (Å²) in [5.74, 6) is -1.73. The Morgan fingerprint density at radius 3 is 2.42 bits per heavy atom. The van der Waals surface area contributed by atoms with Gasteiger partial charge in [0.2, 0.25) is 5.91 Å². The lowest BCUT2D eigenvalue weighted by molar-refractivity contribution is -0.126. The summed E-state index contributed by atoms with van der Waals surface area (Å²) < 4.78 is 7.15. The Morgan fingerprint density at radius 1 is 1.06 bits per heavy atom. The van der Waals surface area contributed by atoms with Crippen molar-refractivity contribution in [3.63, 3.8) is 0 Å². The standard InChI is InChI=1S/C21H19BrN4O5/c1-13-10-24-21(30)26(13)15-8-6-14(7-9-15)20(29)31-12-19(28)23-11-18(27)25-17-5-3-2-4-16(17)22/h2-10H,11-12H2,1H3,(H,23,28)(H,24,30)(H,25,27). The molecular formula is C21H19BrN4O5. The molecule has 9 nitrogen and oxygen atoms in total. The third-order valence-corrected chi connectivity index (χ3v) is 4.94. The average molecular weight is 487 g/mol. The van der Waals surface area contributed by atoms with Crippen LogP contribution in [0, 0.1) is 6.92 Å². The summed E-state index contributed by atoms with van der Waals surface area (Å²) in [5.41, 5.74) is 1.83. The zero-order chi connectivity index (χ0) is 22.4. The van der Waals surface area contributed by atoms with E-state index < -0.39 is 24.4 Å². The van der Waals surface area contributed by atoms with Crippen molar-refractivity contribution in [1.29, 1.82) is 0 Å². The van der Waals surface area contributed by atoms with Crippen LogP contribution in [0.15, 0.2) is 64.0 Å². The molecule has 0 aliphatic rings. The van der Waals surface area contributed by atoms with Gasteiger partial charge in [-0.15, -0.1) is 0 Å². The molecule has 3 rings (SSSR count). The van der Waals surface area contributed by atoms with E-state index in [1.54, 1.807) is 43.5 Å². The SMILES string of the molecule is Cc1c[nH]c(=O)n1-c1ccc(C(=O)OCC(=O)NCC(=O)Nc2ccccc2Br)cc1. The number of ether oxygens (including phenoxy) is 1. The number of esters is 1. The molecule has 0 aliphatic heterocycles. The minimum absolute atomic E-state index is 0.226. The van der Waals surface area contributed by atoms with Gasteiger partial charge < -0.3 is 20.4 Å². The third kappa shape index (κ3) is 5.70. The Bertz CT molecular complexity index is 1170. The van der Waals surface area contributed by atoms with E-state index in [-0.39, 0.29) is 17.8 Å². The van der Waals surface area contributed by atoms with E-state index in [2.05, 4.69) is 31.5 Å². The number of rotatable bonds is 7. The molecule has 3 aromatic rings. The maximum absolute atomic E-state index is 12.1. The predicted octanol–water partition coefficient (Wildman–Crippen LogP) is 2.15. The Kier molecular flexibility index (Phi) is 7.03. The summed E-state index contributed by atoms with van der Waals surface area (Å²) in [6.07, 6.45) is 1.59. The van der Waals surface area contributed by atoms with Crippen molar-refractivity contribution in [2.24, 2.45) is 0 Å². The lowest BCUT2D eigenvalue weighted by Gasteiger charge is -2.09. The summed E-state index contributed by atoms with van der Waals surface area (Å²) in [6, 6.07) is 13.3. The van der Waals surface area contributed by atoms with E-state index >= 15 is 0 Å². The number of nitrogens with zero attached hydrogens (tertiary/aromatic N) is 1. The van der Waals surface area contributed by atoms with Crippen LogP contribution in [-0.4, -0.2) is 40.5 Å². The molecule has 1 aromatic heterocycles. The quantitative estimate of drug-likeness (QED) is 0.441. The van der Waals surface area contributed by atoms with Crippen LogP contribution in [0.3, 0.4) is 0 Å². The number of H-pyrrole nitrogens is 1. The number of hydrogen-bond acceptors (Lipinski definition) is 5. The molecule has 0 unspecified atom stereocenters. The largest absolute Gasteiger partial charge is 0.452 e. The fraction of sp³-hybridized carbons (Fsp3) is 0.143. The lowest BCUT2D eigenvalue weighted by atomic mass is 10.2. The van der Waals surface area contributed by atoms with Gasteiger partial charge in [0.1, 0.15) is 0 Å². The second kappa shape index (κ2) is 9.90. The maximum Gasteiger partial charge on any atom is 0.338 e. The van der Waals surface area contributed by atoms with Gasteiger partial charge in [0.25, 0.3) is 5.91 Å². The summed E-state index contributed by atoms with van der Waals surface area (Å²) in [5, 5.41) is 5.03. The number of nitrogens with one attached hydrogen (secondary N) is 3. The number of amides is 2. The molecule has 0 saturated carbocycles. The van der Waals surface area contributed by atoms with Gasteiger partial charge >= 0.3 is 11.7 Å². The van der Waals surface area contributed by atoms with Gasteiger partial charge in [0.15, 0.2) is 6.61 Å². The van der Waals surface area contributed by atoms with Crippen LogP contribution in [0.5, 0.6) is 0 Å². The highest BCUT2D eigenvalue weighted by molar-refractivity contribution is 9.10. The zero-order valence-corrected chi connectivity index (χ0v) is 18.1. The number of aromatic nitrogens is 2. The number of aromatic amines is 1. The lowest BCUT2D eigenvalue weighted by Crippen LogP contribution is -2.35. The topological polar surface area (TPSA) is 122 Å². The number of hydrogen-bond donors (Lipinski definition) is 3. The number of imidazole rings is 1. The molecule has 160 valence electrons. The van der Waals surface area contributed by atoms with Crippen LogP contribution in [0.25, 0.3) is 5.69 Å². The highest BCUT2D eigenvalue weighted by Gasteiger charge is 2.13. The minimum atomic E-state index is -0.697. The Balaban J connectivity index is 1.47. The fourth-order valence-electron chi connectivity index (χ4n) is 2.72. The molecule has 3 N–H and O–H groups in total. The molecule has 31 heavy (non-hydrogen) atoms. The van der Waals surface area contributed by atoms with E-state index in [1.165, 1.54) is 16.7 Å². The van der Waals surface area contributed by atoms with Gasteiger partial charge in [-0.05, 0) is 59.3 Å². The monoisotopic (exact) mass is 486 g/mol. The van der Waals surface area contributed by atoms with Gasteiger partial charge in [-0.3, -0.25) is 14.2 Å². The van der Waals surface area contributed by atoms with E-state index in [0.717, 1.165) is 5.69 Å². The van der Waals surface area contributed by atoms with E-state index in [4.69, 9.17) is 4.74 Å². The second-order valence-corrected chi connectivity index (χ2v) is 7.35. The van der Waals surface area contributed by atoms with Gasteiger partial charge in [-0.1, -0.05) is 12.1 Å². The first-order valence-electron chi connectivity index (χ1n) is 9.21. The average Bonchev–Trinajstić information content (AvgIpc) is 3.10. The number of para-hydroxylation sites is 1. The van der Waals surface area contributed by atoms with Crippen LogP contribution < -0.4 is 16.3 Å². The van der Waals surface area contributed by atoms with Crippen LogP contribution in [0.2, 0.25) is 0 Å². The molecule has 0 atom stereocenters. The number of aryl methyl sites for hydroxylation is 1. The van der Waals surface area contributed by atoms with E-state index in [0.29, 0.717) is 15.8 Å². The van der Waals surface area contributed by atoms with Crippen molar-refractivity contribution in [2.45, 2.75) is 6.92 Å². The first-order chi connectivity index (χ1) is 14.8. The van der Waals surface area contributed by atoms with Gasteiger partial charge in [0, 0.05) is 16.4 Å². The molecule has 0 spiro atoms. The molecule has 1 heterocycles. The molecule has 10 heteroatoms.